The number of hydrogen-bond donors (Lipinski definition) is 1. The van der Waals surface area contributed by atoms with E-state index in [1.807, 2.05) is 26.0 Å². The number of rotatable bonds is 5. The van der Waals surface area contributed by atoms with Crippen LogP contribution in [0, 0.1) is 13.8 Å². The van der Waals surface area contributed by atoms with Crippen molar-refractivity contribution in [3.8, 4) is 0 Å². The number of nitrogens with one attached hydrogen (secondary N) is 1. The lowest BCUT2D eigenvalue weighted by Crippen LogP contribution is -2.32. The molecule has 0 radical (unpaired) electrons. The molecule has 0 unspecified atom stereocenters. The molecule has 112 valence electrons. The fourth-order valence-electron chi connectivity index (χ4n) is 1.66. The van der Waals surface area contributed by atoms with Crippen molar-refractivity contribution in [2.45, 2.75) is 26.4 Å². The van der Waals surface area contributed by atoms with Gasteiger partial charge < -0.3 is 5.32 Å². The lowest BCUT2D eigenvalue weighted by molar-refractivity contribution is -0.138. The summed E-state index contributed by atoms with van der Waals surface area (Å²) in [5.41, 5.74) is 2.82. The molecule has 0 bridgehead atoms. The maximum absolute atomic E-state index is 12.1. The third-order valence-electron chi connectivity index (χ3n) is 2.98. The molecule has 1 N–H and O–H groups in total. The van der Waals surface area contributed by atoms with Crippen molar-refractivity contribution in [1.29, 1.82) is 0 Å². The number of alkyl halides is 3. The van der Waals surface area contributed by atoms with E-state index in [1.165, 1.54) is 11.9 Å². The molecule has 0 atom stereocenters. The van der Waals surface area contributed by atoms with Crippen LogP contribution in [-0.2, 0) is 4.79 Å². The van der Waals surface area contributed by atoms with E-state index in [0.29, 0.717) is 5.69 Å². The lowest BCUT2D eigenvalue weighted by Gasteiger charge is -2.17. The maximum atomic E-state index is 12.1. The second-order valence-electron chi connectivity index (χ2n) is 4.95. The summed E-state index contributed by atoms with van der Waals surface area (Å²) in [6.07, 6.45) is -5.11. The van der Waals surface area contributed by atoms with E-state index in [1.54, 1.807) is 6.07 Å². The Morgan fingerprint density at radius 1 is 1.25 bits per heavy atom. The summed E-state index contributed by atoms with van der Waals surface area (Å²) in [4.78, 5) is 13.1. The molecule has 6 heteroatoms. The summed E-state index contributed by atoms with van der Waals surface area (Å²) in [7, 11) is 1.49. The van der Waals surface area contributed by atoms with Crippen molar-refractivity contribution >= 4 is 11.6 Å². The van der Waals surface area contributed by atoms with Gasteiger partial charge in [-0.05, 0) is 44.2 Å². The van der Waals surface area contributed by atoms with Crippen LogP contribution < -0.4 is 5.32 Å². The van der Waals surface area contributed by atoms with Gasteiger partial charge in [-0.2, -0.15) is 13.2 Å². The monoisotopic (exact) mass is 288 g/mol. The number of halogens is 3. The predicted molar refractivity (Wildman–Crippen MR) is 72.7 cm³/mol. The number of nitrogens with zero attached hydrogens (tertiary/aromatic N) is 1. The average Bonchev–Trinajstić information content (AvgIpc) is 2.30. The van der Waals surface area contributed by atoms with Crippen molar-refractivity contribution in [1.82, 2.24) is 4.90 Å². The lowest BCUT2D eigenvalue weighted by atomic mass is 10.1. The minimum atomic E-state index is -4.20. The van der Waals surface area contributed by atoms with E-state index >= 15 is 0 Å². The third-order valence-corrected chi connectivity index (χ3v) is 2.98. The van der Waals surface area contributed by atoms with Gasteiger partial charge in [-0.3, -0.25) is 9.69 Å². The van der Waals surface area contributed by atoms with Crippen LogP contribution in [0.15, 0.2) is 18.2 Å². The first-order chi connectivity index (χ1) is 9.17. The molecule has 0 spiro atoms. The molecule has 1 amide bonds. The largest absolute Gasteiger partial charge is 0.390 e. The van der Waals surface area contributed by atoms with Crippen molar-refractivity contribution < 1.29 is 18.0 Å². The smallest absolute Gasteiger partial charge is 0.325 e. The second kappa shape index (κ2) is 6.74. The first-order valence-corrected chi connectivity index (χ1v) is 6.30. The van der Waals surface area contributed by atoms with Crippen LogP contribution in [0.4, 0.5) is 18.9 Å². The number of aryl methyl sites for hydroxylation is 2. The van der Waals surface area contributed by atoms with Gasteiger partial charge in [0.1, 0.15) is 0 Å². The molecule has 1 rings (SSSR count). The minimum absolute atomic E-state index is 0.0665. The average molecular weight is 288 g/mol. The van der Waals surface area contributed by atoms with Crippen LogP contribution in [0.1, 0.15) is 17.5 Å². The van der Waals surface area contributed by atoms with Gasteiger partial charge in [-0.15, -0.1) is 0 Å². The van der Waals surface area contributed by atoms with Gasteiger partial charge in [-0.1, -0.05) is 6.07 Å². The highest BCUT2D eigenvalue weighted by molar-refractivity contribution is 5.92. The molecular weight excluding hydrogens is 269 g/mol. The standard InChI is InChI=1S/C14H19F3N2O/c1-10-4-5-12(8-11(10)2)18-13(20)9-19(3)7-6-14(15,16)17/h4-5,8H,6-7,9H2,1-3H3,(H,18,20). The topological polar surface area (TPSA) is 32.3 Å². The first-order valence-electron chi connectivity index (χ1n) is 6.30. The van der Waals surface area contributed by atoms with Gasteiger partial charge in [0.2, 0.25) is 5.91 Å². The molecule has 0 heterocycles. The third kappa shape index (κ3) is 6.06. The zero-order valence-corrected chi connectivity index (χ0v) is 11.8. The number of carbonyl (C=O) groups excluding carboxylic acids is 1. The number of hydrogen-bond acceptors (Lipinski definition) is 2. The highest BCUT2D eigenvalue weighted by atomic mass is 19.4. The van der Waals surface area contributed by atoms with Crippen LogP contribution in [0.5, 0.6) is 0 Å². The first kappa shape index (κ1) is 16.5. The van der Waals surface area contributed by atoms with Crippen molar-refractivity contribution in [3.05, 3.63) is 29.3 Å². The molecule has 0 aromatic heterocycles. The van der Waals surface area contributed by atoms with Crippen molar-refractivity contribution in [3.63, 3.8) is 0 Å². The summed E-state index contributed by atoms with van der Waals surface area (Å²) in [5.74, 6) is -0.321. The van der Waals surface area contributed by atoms with Gasteiger partial charge in [0.15, 0.2) is 0 Å². The van der Waals surface area contributed by atoms with E-state index in [9.17, 15) is 18.0 Å². The Bertz CT molecular complexity index is 472. The Morgan fingerprint density at radius 3 is 2.45 bits per heavy atom. The zero-order chi connectivity index (χ0) is 15.3. The molecule has 20 heavy (non-hydrogen) atoms. The molecule has 1 aromatic rings. The van der Waals surface area contributed by atoms with Crippen molar-refractivity contribution in [2.75, 3.05) is 25.5 Å². The SMILES string of the molecule is Cc1ccc(NC(=O)CN(C)CCC(F)(F)F)cc1C. The van der Waals surface area contributed by atoms with Crippen LogP contribution in [0.2, 0.25) is 0 Å². The van der Waals surface area contributed by atoms with Gasteiger partial charge in [0.25, 0.3) is 0 Å². The summed E-state index contributed by atoms with van der Waals surface area (Å²) in [6, 6.07) is 5.50. The molecule has 0 aliphatic rings. The minimum Gasteiger partial charge on any atom is -0.325 e. The fourth-order valence-corrected chi connectivity index (χ4v) is 1.66. The maximum Gasteiger partial charge on any atom is 0.390 e. The van der Waals surface area contributed by atoms with Gasteiger partial charge in [0.05, 0.1) is 13.0 Å². The van der Waals surface area contributed by atoms with Gasteiger partial charge in [0, 0.05) is 12.2 Å². The number of carbonyl (C=O) groups is 1. The van der Waals surface area contributed by atoms with E-state index in [4.69, 9.17) is 0 Å². The Labute approximate surface area is 116 Å². The predicted octanol–water partition coefficient (Wildman–Crippen LogP) is 3.13. The Balaban J connectivity index is 2.45. The van der Waals surface area contributed by atoms with Gasteiger partial charge >= 0.3 is 6.18 Å². The molecule has 0 saturated heterocycles. The molecular formula is C14H19F3N2O. The van der Waals surface area contributed by atoms with Gasteiger partial charge in [-0.25, -0.2) is 0 Å². The number of benzene rings is 1. The summed E-state index contributed by atoms with van der Waals surface area (Å²) >= 11 is 0. The van der Waals surface area contributed by atoms with E-state index < -0.39 is 12.6 Å². The molecule has 0 aliphatic carbocycles. The molecule has 0 saturated carbocycles. The van der Waals surface area contributed by atoms with Crippen LogP contribution >= 0.6 is 0 Å². The van der Waals surface area contributed by atoms with E-state index in [-0.39, 0.29) is 19.0 Å². The molecule has 3 nitrogen and oxygen atoms in total. The summed E-state index contributed by atoms with van der Waals surface area (Å²) in [6.45, 7) is 3.64. The summed E-state index contributed by atoms with van der Waals surface area (Å²) in [5, 5.41) is 2.68. The highest BCUT2D eigenvalue weighted by Gasteiger charge is 2.27. The summed E-state index contributed by atoms with van der Waals surface area (Å²) < 4.78 is 36.2. The van der Waals surface area contributed by atoms with Crippen molar-refractivity contribution in [2.24, 2.45) is 0 Å². The molecule has 1 aromatic carbocycles. The highest BCUT2D eigenvalue weighted by Crippen LogP contribution is 2.19. The molecule has 0 aliphatic heterocycles. The van der Waals surface area contributed by atoms with E-state index in [2.05, 4.69) is 5.32 Å². The number of amides is 1. The second-order valence-corrected chi connectivity index (χ2v) is 4.95. The normalized spacial score (nSPS) is 11.8. The number of anilines is 1. The quantitative estimate of drug-likeness (QED) is 0.903. The fraction of sp³-hybridized carbons (Fsp3) is 0.500. The van der Waals surface area contributed by atoms with E-state index in [0.717, 1.165) is 11.1 Å². The Hall–Kier alpha value is -1.56. The van der Waals surface area contributed by atoms with Crippen LogP contribution in [0.25, 0.3) is 0 Å². The van der Waals surface area contributed by atoms with Crippen LogP contribution in [-0.4, -0.2) is 37.1 Å². The number of likely N-dealkylation sites (N-methyl/N-ethyl adjacent to an activating group) is 1. The zero-order valence-electron chi connectivity index (χ0n) is 11.8. The molecule has 0 fully saturated rings. The Kier molecular flexibility index (Phi) is 5.56. The Morgan fingerprint density at radius 2 is 1.90 bits per heavy atom. The van der Waals surface area contributed by atoms with Crippen LogP contribution in [0.3, 0.4) is 0 Å².